The second kappa shape index (κ2) is 5.26. The minimum Gasteiger partial charge on any atom is -0.388 e. The molecule has 1 aromatic carbocycles. The monoisotopic (exact) mass is 274 g/mol. The summed E-state index contributed by atoms with van der Waals surface area (Å²) in [5.41, 5.74) is 1.15. The summed E-state index contributed by atoms with van der Waals surface area (Å²) in [4.78, 5) is 0. The summed E-state index contributed by atoms with van der Waals surface area (Å²) in [7, 11) is 0. The summed E-state index contributed by atoms with van der Waals surface area (Å²) >= 11 is 1.75. The van der Waals surface area contributed by atoms with E-state index in [4.69, 9.17) is 0 Å². The van der Waals surface area contributed by atoms with Crippen molar-refractivity contribution in [2.45, 2.75) is 39.2 Å². The van der Waals surface area contributed by atoms with Gasteiger partial charge >= 0.3 is 0 Å². The Hall–Kier alpha value is -0.860. The van der Waals surface area contributed by atoms with Crippen molar-refractivity contribution in [1.29, 1.82) is 0 Å². The first-order valence-electron chi connectivity index (χ1n) is 7.29. The number of hydrogen-bond donors (Lipinski definition) is 1. The molecular formula is C17H22OS. The van der Waals surface area contributed by atoms with Gasteiger partial charge in [-0.3, -0.25) is 0 Å². The highest BCUT2D eigenvalue weighted by molar-refractivity contribution is 7.17. The highest BCUT2D eigenvalue weighted by Crippen LogP contribution is 2.42. The van der Waals surface area contributed by atoms with Crippen molar-refractivity contribution in [3.05, 3.63) is 35.2 Å². The Kier molecular flexibility index (Phi) is 3.64. The highest BCUT2D eigenvalue weighted by atomic mass is 32.1. The van der Waals surface area contributed by atoms with Crippen LogP contribution in [0.4, 0.5) is 0 Å². The van der Waals surface area contributed by atoms with Crippen molar-refractivity contribution in [2.75, 3.05) is 0 Å². The van der Waals surface area contributed by atoms with E-state index in [0.717, 1.165) is 30.2 Å². The number of aliphatic hydroxyl groups is 1. The number of benzene rings is 1. The van der Waals surface area contributed by atoms with Crippen LogP contribution in [-0.4, -0.2) is 5.11 Å². The van der Waals surface area contributed by atoms with Crippen molar-refractivity contribution in [2.24, 2.45) is 17.8 Å². The molecular weight excluding hydrogens is 252 g/mol. The standard InChI is InChI=1S/C17H22OS/c1-11-7-12(2)9-13(8-11)17(18)15-10-19-16-6-4-3-5-14(15)16/h3-6,10-13,17-18H,7-9H2,1-2H3. The lowest BCUT2D eigenvalue weighted by Crippen LogP contribution is -2.24. The average Bonchev–Trinajstić information content (AvgIpc) is 2.80. The lowest BCUT2D eigenvalue weighted by molar-refractivity contribution is 0.0564. The summed E-state index contributed by atoms with van der Waals surface area (Å²) in [6.45, 7) is 4.64. The molecule has 3 unspecified atom stereocenters. The van der Waals surface area contributed by atoms with Crippen LogP contribution in [0.3, 0.4) is 0 Å². The Morgan fingerprint density at radius 3 is 2.53 bits per heavy atom. The van der Waals surface area contributed by atoms with Gasteiger partial charge in [0.25, 0.3) is 0 Å². The molecule has 0 aliphatic heterocycles. The zero-order chi connectivity index (χ0) is 13.4. The Balaban J connectivity index is 1.89. The molecule has 0 radical (unpaired) electrons. The highest BCUT2D eigenvalue weighted by Gasteiger charge is 2.30. The summed E-state index contributed by atoms with van der Waals surface area (Å²) in [6, 6.07) is 8.42. The van der Waals surface area contributed by atoms with Gasteiger partial charge in [-0.25, -0.2) is 0 Å². The second-order valence-electron chi connectivity index (χ2n) is 6.31. The third-order valence-electron chi connectivity index (χ3n) is 4.49. The predicted molar refractivity (Wildman–Crippen MR) is 82.5 cm³/mol. The molecule has 102 valence electrons. The number of fused-ring (bicyclic) bond motifs is 1. The fraction of sp³-hybridized carbons (Fsp3) is 0.529. The van der Waals surface area contributed by atoms with E-state index in [0.29, 0.717) is 5.92 Å². The van der Waals surface area contributed by atoms with Gasteiger partial charge in [-0.2, -0.15) is 0 Å². The second-order valence-corrected chi connectivity index (χ2v) is 7.22. The van der Waals surface area contributed by atoms with Gasteiger partial charge in [-0.15, -0.1) is 11.3 Å². The van der Waals surface area contributed by atoms with Crippen molar-refractivity contribution in [1.82, 2.24) is 0 Å². The lowest BCUT2D eigenvalue weighted by atomic mass is 9.73. The molecule has 0 bridgehead atoms. The molecule has 1 nitrogen and oxygen atoms in total. The molecule has 0 spiro atoms. The van der Waals surface area contributed by atoms with Crippen LogP contribution < -0.4 is 0 Å². The number of hydrogen-bond acceptors (Lipinski definition) is 2. The predicted octanol–water partition coefficient (Wildman–Crippen LogP) is 5.01. The normalized spacial score (nSPS) is 29.5. The van der Waals surface area contributed by atoms with Crippen molar-refractivity contribution < 1.29 is 5.11 Å². The van der Waals surface area contributed by atoms with Crippen LogP contribution in [0.1, 0.15) is 44.8 Å². The van der Waals surface area contributed by atoms with E-state index in [2.05, 4.69) is 43.5 Å². The van der Waals surface area contributed by atoms with Crippen molar-refractivity contribution in [3.63, 3.8) is 0 Å². The molecule has 2 aromatic rings. The minimum absolute atomic E-state index is 0.290. The summed E-state index contributed by atoms with van der Waals surface area (Å²) in [6.07, 6.45) is 3.35. The number of rotatable bonds is 2. The molecule has 1 fully saturated rings. The summed E-state index contributed by atoms with van der Waals surface area (Å²) in [5, 5.41) is 14.2. The minimum atomic E-state index is -0.290. The molecule has 1 N–H and O–H groups in total. The fourth-order valence-electron chi connectivity index (χ4n) is 3.75. The van der Waals surface area contributed by atoms with Gasteiger partial charge in [0, 0.05) is 4.70 Å². The molecule has 1 aliphatic rings. The van der Waals surface area contributed by atoms with Gasteiger partial charge in [-0.05, 0) is 59.4 Å². The largest absolute Gasteiger partial charge is 0.388 e. The molecule has 1 saturated carbocycles. The third kappa shape index (κ3) is 2.56. The third-order valence-corrected chi connectivity index (χ3v) is 5.47. The number of thiophene rings is 1. The molecule has 19 heavy (non-hydrogen) atoms. The Morgan fingerprint density at radius 2 is 1.79 bits per heavy atom. The first-order valence-corrected chi connectivity index (χ1v) is 8.17. The molecule has 2 heteroatoms. The maximum atomic E-state index is 10.8. The van der Waals surface area contributed by atoms with E-state index in [1.54, 1.807) is 11.3 Å². The van der Waals surface area contributed by atoms with E-state index in [-0.39, 0.29) is 6.10 Å². The van der Waals surface area contributed by atoms with Gasteiger partial charge < -0.3 is 5.11 Å². The van der Waals surface area contributed by atoms with E-state index in [1.165, 1.54) is 16.5 Å². The molecule has 1 aromatic heterocycles. The van der Waals surface area contributed by atoms with Crippen LogP contribution in [0, 0.1) is 17.8 Å². The Bertz CT molecular complexity index is 549. The van der Waals surface area contributed by atoms with E-state index in [1.807, 2.05) is 0 Å². The zero-order valence-corrected chi connectivity index (χ0v) is 12.5. The summed E-state index contributed by atoms with van der Waals surface area (Å²) < 4.78 is 1.29. The number of aliphatic hydroxyl groups excluding tert-OH is 1. The lowest BCUT2D eigenvalue weighted by Gasteiger charge is -2.34. The first-order chi connectivity index (χ1) is 9.15. The molecule has 3 rings (SSSR count). The van der Waals surface area contributed by atoms with E-state index >= 15 is 0 Å². The van der Waals surface area contributed by atoms with E-state index in [9.17, 15) is 5.11 Å². The van der Waals surface area contributed by atoms with Crippen LogP contribution >= 0.6 is 11.3 Å². The van der Waals surface area contributed by atoms with Crippen molar-refractivity contribution in [3.8, 4) is 0 Å². The molecule has 3 atom stereocenters. The van der Waals surface area contributed by atoms with E-state index < -0.39 is 0 Å². The Morgan fingerprint density at radius 1 is 1.11 bits per heavy atom. The maximum Gasteiger partial charge on any atom is 0.0832 e. The van der Waals surface area contributed by atoms with Crippen LogP contribution in [0.5, 0.6) is 0 Å². The Labute approximate surface area is 119 Å². The van der Waals surface area contributed by atoms with Crippen LogP contribution in [-0.2, 0) is 0 Å². The molecule has 0 amide bonds. The molecule has 0 saturated heterocycles. The summed E-state index contributed by atoms with van der Waals surface area (Å²) in [5.74, 6) is 1.92. The van der Waals surface area contributed by atoms with Gasteiger partial charge in [0.2, 0.25) is 0 Å². The van der Waals surface area contributed by atoms with Crippen LogP contribution in [0.15, 0.2) is 29.6 Å². The first kappa shape index (κ1) is 13.1. The van der Waals surface area contributed by atoms with Crippen LogP contribution in [0.2, 0.25) is 0 Å². The SMILES string of the molecule is CC1CC(C)CC(C(O)c2csc3ccccc23)C1. The topological polar surface area (TPSA) is 20.2 Å². The van der Waals surface area contributed by atoms with Gasteiger partial charge in [0.15, 0.2) is 0 Å². The molecule has 1 aliphatic carbocycles. The maximum absolute atomic E-state index is 10.8. The quantitative estimate of drug-likeness (QED) is 0.816. The van der Waals surface area contributed by atoms with Gasteiger partial charge in [-0.1, -0.05) is 32.0 Å². The smallest absolute Gasteiger partial charge is 0.0832 e. The van der Waals surface area contributed by atoms with Crippen LogP contribution in [0.25, 0.3) is 10.1 Å². The van der Waals surface area contributed by atoms with Crippen molar-refractivity contribution >= 4 is 21.4 Å². The zero-order valence-electron chi connectivity index (χ0n) is 11.7. The molecule has 1 heterocycles. The van der Waals surface area contributed by atoms with Gasteiger partial charge in [0.1, 0.15) is 0 Å². The fourth-order valence-corrected chi connectivity index (χ4v) is 4.74. The average molecular weight is 274 g/mol. The van der Waals surface area contributed by atoms with Gasteiger partial charge in [0.05, 0.1) is 6.10 Å².